The molecular formula is C13H24O2S. The number of hydrogen-bond acceptors (Lipinski definition) is 2. The molecule has 0 bridgehead atoms. The van der Waals surface area contributed by atoms with Crippen LogP contribution in [0, 0.1) is 11.3 Å². The first kappa shape index (κ1) is 13.9. The summed E-state index contributed by atoms with van der Waals surface area (Å²) in [6.45, 7) is 2.22. The van der Waals surface area contributed by atoms with Crippen LogP contribution in [0.2, 0.25) is 0 Å². The Kier molecular flexibility index (Phi) is 5.67. The molecule has 2 nitrogen and oxygen atoms in total. The van der Waals surface area contributed by atoms with Crippen molar-refractivity contribution < 1.29 is 9.90 Å². The van der Waals surface area contributed by atoms with E-state index in [0.717, 1.165) is 43.8 Å². The van der Waals surface area contributed by atoms with E-state index in [1.165, 1.54) is 12.8 Å². The summed E-state index contributed by atoms with van der Waals surface area (Å²) in [6, 6.07) is 0. The fourth-order valence-electron chi connectivity index (χ4n) is 2.80. The summed E-state index contributed by atoms with van der Waals surface area (Å²) >= 11 is 1.76. The number of thioether (sulfide) groups is 1. The molecule has 0 heterocycles. The zero-order chi connectivity index (χ0) is 12.0. The number of carboxylic acids is 1. The van der Waals surface area contributed by atoms with Gasteiger partial charge in [0.05, 0.1) is 5.41 Å². The van der Waals surface area contributed by atoms with E-state index in [9.17, 15) is 9.90 Å². The molecule has 1 N–H and O–H groups in total. The van der Waals surface area contributed by atoms with Gasteiger partial charge in [-0.05, 0) is 50.0 Å². The van der Waals surface area contributed by atoms with Gasteiger partial charge in [0.25, 0.3) is 0 Å². The lowest BCUT2D eigenvalue weighted by Crippen LogP contribution is -2.36. The van der Waals surface area contributed by atoms with Gasteiger partial charge in [-0.1, -0.05) is 19.8 Å². The molecule has 0 saturated heterocycles. The lowest BCUT2D eigenvalue weighted by atomic mass is 9.68. The topological polar surface area (TPSA) is 37.3 Å². The highest BCUT2D eigenvalue weighted by Crippen LogP contribution is 2.43. The van der Waals surface area contributed by atoms with Crippen molar-refractivity contribution in [2.24, 2.45) is 11.3 Å². The normalized spacial score (nSPS) is 30.2. The molecule has 1 fully saturated rings. The SMILES string of the molecule is CCCC1CCC(CCSC)(C(=O)O)CC1. The summed E-state index contributed by atoms with van der Waals surface area (Å²) in [4.78, 5) is 11.4. The van der Waals surface area contributed by atoms with Crippen molar-refractivity contribution >= 4 is 17.7 Å². The van der Waals surface area contributed by atoms with Gasteiger partial charge in [-0.25, -0.2) is 0 Å². The Hall–Kier alpha value is -0.180. The average molecular weight is 244 g/mol. The quantitative estimate of drug-likeness (QED) is 0.772. The van der Waals surface area contributed by atoms with Gasteiger partial charge >= 0.3 is 5.97 Å². The zero-order valence-corrected chi connectivity index (χ0v) is 11.3. The van der Waals surface area contributed by atoms with Crippen molar-refractivity contribution in [3.8, 4) is 0 Å². The van der Waals surface area contributed by atoms with E-state index in [4.69, 9.17) is 0 Å². The van der Waals surface area contributed by atoms with Gasteiger partial charge in [-0.3, -0.25) is 4.79 Å². The van der Waals surface area contributed by atoms with Gasteiger partial charge in [0.15, 0.2) is 0 Å². The summed E-state index contributed by atoms with van der Waals surface area (Å²) in [5.74, 6) is 1.20. The van der Waals surface area contributed by atoms with Gasteiger partial charge in [-0.15, -0.1) is 0 Å². The molecule has 16 heavy (non-hydrogen) atoms. The predicted molar refractivity (Wildman–Crippen MR) is 69.9 cm³/mol. The molecule has 1 aliphatic rings. The fourth-order valence-corrected chi connectivity index (χ4v) is 3.39. The minimum absolute atomic E-state index is 0.396. The Morgan fingerprint density at radius 2 is 2.06 bits per heavy atom. The van der Waals surface area contributed by atoms with Gasteiger partial charge in [0.1, 0.15) is 0 Å². The van der Waals surface area contributed by atoms with Crippen LogP contribution in [0.15, 0.2) is 0 Å². The monoisotopic (exact) mass is 244 g/mol. The Morgan fingerprint density at radius 3 is 2.50 bits per heavy atom. The maximum atomic E-state index is 11.4. The molecule has 1 rings (SSSR count). The van der Waals surface area contributed by atoms with Crippen molar-refractivity contribution in [1.29, 1.82) is 0 Å². The second-order valence-corrected chi connectivity index (χ2v) is 6.05. The Labute approximate surface area is 103 Å². The van der Waals surface area contributed by atoms with E-state index in [0.29, 0.717) is 0 Å². The summed E-state index contributed by atoms with van der Waals surface area (Å²) in [5.41, 5.74) is -0.396. The Balaban J connectivity index is 2.52. The van der Waals surface area contributed by atoms with Crippen LogP contribution >= 0.6 is 11.8 Å². The fraction of sp³-hybridized carbons (Fsp3) is 0.923. The minimum Gasteiger partial charge on any atom is -0.481 e. The lowest BCUT2D eigenvalue weighted by Gasteiger charge is -2.36. The molecule has 3 heteroatoms. The smallest absolute Gasteiger partial charge is 0.309 e. The largest absolute Gasteiger partial charge is 0.481 e. The van der Waals surface area contributed by atoms with Crippen LogP contribution in [-0.4, -0.2) is 23.1 Å². The van der Waals surface area contributed by atoms with Crippen LogP contribution in [-0.2, 0) is 4.79 Å². The third-order valence-corrected chi connectivity index (χ3v) is 4.61. The average Bonchev–Trinajstić information content (AvgIpc) is 2.28. The molecule has 0 atom stereocenters. The van der Waals surface area contributed by atoms with Crippen LogP contribution in [0.5, 0.6) is 0 Å². The van der Waals surface area contributed by atoms with E-state index in [-0.39, 0.29) is 0 Å². The van der Waals surface area contributed by atoms with E-state index >= 15 is 0 Å². The zero-order valence-electron chi connectivity index (χ0n) is 10.5. The molecular weight excluding hydrogens is 220 g/mol. The van der Waals surface area contributed by atoms with E-state index in [1.807, 2.05) is 0 Å². The van der Waals surface area contributed by atoms with Crippen LogP contribution < -0.4 is 0 Å². The van der Waals surface area contributed by atoms with Crippen molar-refractivity contribution in [3.05, 3.63) is 0 Å². The predicted octanol–water partition coefficient (Wildman–Crippen LogP) is 3.80. The second-order valence-electron chi connectivity index (χ2n) is 5.06. The summed E-state index contributed by atoms with van der Waals surface area (Å²) in [7, 11) is 0. The molecule has 0 aromatic rings. The number of hydrogen-bond donors (Lipinski definition) is 1. The standard InChI is InChI=1S/C13H24O2S/c1-3-4-11-5-7-13(8-6-11,12(14)15)9-10-16-2/h11H,3-10H2,1-2H3,(H,14,15). The molecule has 0 aliphatic heterocycles. The highest BCUT2D eigenvalue weighted by molar-refractivity contribution is 7.98. The molecule has 0 aromatic carbocycles. The van der Waals surface area contributed by atoms with Crippen LogP contribution in [0.25, 0.3) is 0 Å². The third-order valence-electron chi connectivity index (χ3n) is 4.00. The van der Waals surface area contributed by atoms with E-state index < -0.39 is 11.4 Å². The molecule has 0 unspecified atom stereocenters. The summed E-state index contributed by atoms with van der Waals surface area (Å²) < 4.78 is 0. The molecule has 1 aliphatic carbocycles. The second kappa shape index (κ2) is 6.53. The van der Waals surface area contributed by atoms with E-state index in [2.05, 4.69) is 13.2 Å². The van der Waals surface area contributed by atoms with Crippen LogP contribution in [0.4, 0.5) is 0 Å². The number of carboxylic acid groups (broad SMARTS) is 1. The van der Waals surface area contributed by atoms with Crippen molar-refractivity contribution in [1.82, 2.24) is 0 Å². The summed E-state index contributed by atoms with van der Waals surface area (Å²) in [6.07, 6.45) is 9.44. The molecule has 94 valence electrons. The first-order chi connectivity index (χ1) is 7.64. The van der Waals surface area contributed by atoms with Crippen LogP contribution in [0.3, 0.4) is 0 Å². The highest BCUT2D eigenvalue weighted by Gasteiger charge is 2.40. The van der Waals surface area contributed by atoms with Crippen molar-refractivity contribution in [2.45, 2.75) is 51.9 Å². The molecule has 0 amide bonds. The van der Waals surface area contributed by atoms with Gasteiger partial charge in [0, 0.05) is 0 Å². The Morgan fingerprint density at radius 1 is 1.44 bits per heavy atom. The maximum absolute atomic E-state index is 11.4. The number of aliphatic carboxylic acids is 1. The van der Waals surface area contributed by atoms with Crippen molar-refractivity contribution in [3.63, 3.8) is 0 Å². The Bertz CT molecular complexity index is 220. The van der Waals surface area contributed by atoms with Crippen LogP contribution in [0.1, 0.15) is 51.9 Å². The van der Waals surface area contributed by atoms with Crippen molar-refractivity contribution in [2.75, 3.05) is 12.0 Å². The minimum atomic E-state index is -0.559. The maximum Gasteiger partial charge on any atom is 0.309 e. The molecule has 0 radical (unpaired) electrons. The molecule has 0 spiro atoms. The van der Waals surface area contributed by atoms with E-state index in [1.54, 1.807) is 11.8 Å². The van der Waals surface area contributed by atoms with Gasteiger partial charge in [-0.2, -0.15) is 11.8 Å². The highest BCUT2D eigenvalue weighted by atomic mass is 32.2. The van der Waals surface area contributed by atoms with Gasteiger partial charge < -0.3 is 5.11 Å². The lowest BCUT2D eigenvalue weighted by molar-refractivity contribution is -0.151. The summed E-state index contributed by atoms with van der Waals surface area (Å²) in [5, 5.41) is 9.42. The third kappa shape index (κ3) is 3.41. The number of rotatable bonds is 6. The molecule has 1 saturated carbocycles. The first-order valence-electron chi connectivity index (χ1n) is 6.37. The molecule has 0 aromatic heterocycles. The number of carbonyl (C=O) groups is 1. The first-order valence-corrected chi connectivity index (χ1v) is 7.76. The van der Waals surface area contributed by atoms with Gasteiger partial charge in [0.2, 0.25) is 0 Å².